The molecule has 0 unspecified atom stereocenters. The van der Waals surface area contributed by atoms with E-state index in [1.807, 2.05) is 31.2 Å². The second kappa shape index (κ2) is 11.8. The fourth-order valence-corrected chi connectivity index (χ4v) is 2.90. The van der Waals surface area contributed by atoms with E-state index in [-0.39, 0.29) is 25.5 Å². The SMILES string of the molecule is CCCOc1cc(-c2cncc([C@@H](CO)CB(O)OC[C@H](C)O)c2)ccc1OC. The van der Waals surface area contributed by atoms with Crippen molar-refractivity contribution in [3.8, 4) is 22.6 Å². The summed E-state index contributed by atoms with van der Waals surface area (Å²) < 4.78 is 16.3. The van der Waals surface area contributed by atoms with E-state index in [4.69, 9.17) is 14.1 Å². The zero-order chi connectivity index (χ0) is 21.2. The fourth-order valence-electron chi connectivity index (χ4n) is 2.90. The third-order valence-corrected chi connectivity index (χ3v) is 4.43. The van der Waals surface area contributed by atoms with Gasteiger partial charge in [0.1, 0.15) is 0 Å². The molecule has 0 aliphatic carbocycles. The Morgan fingerprint density at radius 3 is 2.59 bits per heavy atom. The van der Waals surface area contributed by atoms with Gasteiger partial charge in [-0.25, -0.2) is 0 Å². The van der Waals surface area contributed by atoms with E-state index >= 15 is 0 Å². The molecule has 2 rings (SSSR count). The van der Waals surface area contributed by atoms with Crippen molar-refractivity contribution in [2.75, 3.05) is 26.9 Å². The van der Waals surface area contributed by atoms with Gasteiger partial charge in [-0.1, -0.05) is 13.0 Å². The van der Waals surface area contributed by atoms with Crippen LogP contribution in [0.1, 0.15) is 31.7 Å². The van der Waals surface area contributed by atoms with Crippen LogP contribution in [-0.2, 0) is 4.65 Å². The van der Waals surface area contributed by atoms with Crippen LogP contribution in [0.25, 0.3) is 11.1 Å². The van der Waals surface area contributed by atoms with Crippen molar-refractivity contribution in [2.45, 2.75) is 38.6 Å². The standard InChI is InChI=1S/C21H30BNO6/c1-4-7-28-21-9-16(5-6-20(21)27-3)17-8-18(12-23-11-17)19(13-24)10-22(26)29-14-15(2)25/h5-6,8-9,11-12,15,19,24-26H,4,7,10,13-14H2,1-3H3/t15-,19+/m0/s1. The molecule has 158 valence electrons. The molecule has 2 atom stereocenters. The Morgan fingerprint density at radius 1 is 1.14 bits per heavy atom. The minimum absolute atomic E-state index is 0.0317. The highest BCUT2D eigenvalue weighted by Crippen LogP contribution is 2.33. The summed E-state index contributed by atoms with van der Waals surface area (Å²) in [5, 5.41) is 29.1. The molecule has 0 saturated heterocycles. The normalized spacial score (nSPS) is 13.0. The molecule has 1 aromatic carbocycles. The average molecular weight is 403 g/mol. The number of aliphatic hydroxyl groups is 2. The minimum Gasteiger partial charge on any atom is -0.493 e. The predicted octanol–water partition coefficient (Wildman–Crippen LogP) is 2.50. The molecular weight excluding hydrogens is 373 g/mol. The molecule has 0 aliphatic heterocycles. The minimum atomic E-state index is -1.08. The lowest BCUT2D eigenvalue weighted by Crippen LogP contribution is -2.26. The molecule has 1 aromatic heterocycles. The van der Waals surface area contributed by atoms with Gasteiger partial charge in [0.05, 0.1) is 26.4 Å². The number of methoxy groups -OCH3 is 1. The molecule has 0 bridgehead atoms. The summed E-state index contributed by atoms with van der Waals surface area (Å²) >= 11 is 0. The number of rotatable bonds is 12. The van der Waals surface area contributed by atoms with Gasteiger partial charge in [0.25, 0.3) is 0 Å². The van der Waals surface area contributed by atoms with Crippen LogP contribution in [0.2, 0.25) is 6.32 Å². The number of benzene rings is 1. The second-order valence-corrected chi connectivity index (χ2v) is 6.97. The summed E-state index contributed by atoms with van der Waals surface area (Å²) in [6, 6.07) is 7.61. The Kier molecular flexibility index (Phi) is 9.40. The second-order valence-electron chi connectivity index (χ2n) is 6.97. The molecule has 7 nitrogen and oxygen atoms in total. The molecular formula is C21H30BNO6. The maximum Gasteiger partial charge on any atom is 0.454 e. The first-order chi connectivity index (χ1) is 14.0. The molecule has 1 heterocycles. The van der Waals surface area contributed by atoms with Gasteiger partial charge in [-0.3, -0.25) is 4.98 Å². The highest BCUT2D eigenvalue weighted by Gasteiger charge is 2.22. The van der Waals surface area contributed by atoms with Gasteiger partial charge in [-0.2, -0.15) is 0 Å². The monoisotopic (exact) mass is 403 g/mol. The Balaban J connectivity index is 2.21. The van der Waals surface area contributed by atoms with E-state index in [0.29, 0.717) is 18.1 Å². The first-order valence-corrected chi connectivity index (χ1v) is 9.83. The molecule has 2 aromatic rings. The van der Waals surface area contributed by atoms with Crippen LogP contribution in [0.3, 0.4) is 0 Å². The first kappa shape index (κ1) is 23.2. The molecule has 0 aliphatic rings. The van der Waals surface area contributed by atoms with Gasteiger partial charge >= 0.3 is 7.12 Å². The molecule has 0 amide bonds. The summed E-state index contributed by atoms with van der Waals surface area (Å²) in [7, 11) is 0.521. The van der Waals surface area contributed by atoms with Gasteiger partial charge in [0.15, 0.2) is 11.5 Å². The van der Waals surface area contributed by atoms with Crippen molar-refractivity contribution in [3.63, 3.8) is 0 Å². The van der Waals surface area contributed by atoms with Crippen LogP contribution in [0, 0.1) is 0 Å². The lowest BCUT2D eigenvalue weighted by Gasteiger charge is -2.18. The molecule has 0 radical (unpaired) electrons. The zero-order valence-electron chi connectivity index (χ0n) is 17.2. The number of aliphatic hydroxyl groups excluding tert-OH is 2. The zero-order valence-corrected chi connectivity index (χ0v) is 17.2. The summed E-state index contributed by atoms with van der Waals surface area (Å²) in [4.78, 5) is 4.30. The van der Waals surface area contributed by atoms with Crippen molar-refractivity contribution < 1.29 is 29.4 Å². The fraction of sp³-hybridized carbons (Fsp3) is 0.476. The highest BCUT2D eigenvalue weighted by molar-refractivity contribution is 6.43. The topological polar surface area (TPSA) is 101 Å². The van der Waals surface area contributed by atoms with Crippen LogP contribution in [0.4, 0.5) is 0 Å². The first-order valence-electron chi connectivity index (χ1n) is 9.83. The predicted molar refractivity (Wildman–Crippen MR) is 112 cm³/mol. The van der Waals surface area contributed by atoms with E-state index < -0.39 is 13.2 Å². The number of aromatic nitrogens is 1. The number of pyridine rings is 1. The van der Waals surface area contributed by atoms with Crippen molar-refractivity contribution in [1.82, 2.24) is 4.98 Å². The molecule has 0 fully saturated rings. The van der Waals surface area contributed by atoms with E-state index in [1.165, 1.54) is 0 Å². The Labute approximate surface area is 172 Å². The molecule has 3 N–H and O–H groups in total. The number of nitrogens with zero attached hydrogens (tertiary/aromatic N) is 1. The summed E-state index contributed by atoms with van der Waals surface area (Å²) in [5.41, 5.74) is 2.56. The molecule has 0 saturated carbocycles. The lowest BCUT2D eigenvalue weighted by atomic mass is 9.75. The van der Waals surface area contributed by atoms with E-state index in [0.717, 1.165) is 23.1 Å². The lowest BCUT2D eigenvalue weighted by molar-refractivity contribution is 0.108. The highest BCUT2D eigenvalue weighted by atomic mass is 16.5. The van der Waals surface area contributed by atoms with Crippen LogP contribution >= 0.6 is 0 Å². The third kappa shape index (κ3) is 7.01. The van der Waals surface area contributed by atoms with Gasteiger partial charge in [-0.05, 0) is 49.0 Å². The molecule has 29 heavy (non-hydrogen) atoms. The van der Waals surface area contributed by atoms with Gasteiger partial charge < -0.3 is 29.4 Å². The third-order valence-electron chi connectivity index (χ3n) is 4.43. The number of hydrogen-bond acceptors (Lipinski definition) is 7. The van der Waals surface area contributed by atoms with E-state index in [9.17, 15) is 15.2 Å². The van der Waals surface area contributed by atoms with Crippen LogP contribution in [0.5, 0.6) is 11.5 Å². The van der Waals surface area contributed by atoms with Gasteiger partial charge in [0.2, 0.25) is 0 Å². The Hall–Kier alpha value is -2.13. The number of hydrogen-bond donors (Lipinski definition) is 3. The van der Waals surface area contributed by atoms with Gasteiger partial charge in [-0.15, -0.1) is 0 Å². The van der Waals surface area contributed by atoms with Crippen molar-refractivity contribution in [1.29, 1.82) is 0 Å². The quantitative estimate of drug-likeness (QED) is 0.468. The van der Waals surface area contributed by atoms with Crippen LogP contribution in [0.15, 0.2) is 36.7 Å². The summed E-state index contributed by atoms with van der Waals surface area (Å²) in [6.07, 6.45) is 3.83. The van der Waals surface area contributed by atoms with Crippen LogP contribution < -0.4 is 9.47 Å². The summed E-state index contributed by atoms with van der Waals surface area (Å²) in [6.45, 7) is 4.09. The largest absolute Gasteiger partial charge is 0.493 e. The maximum atomic E-state index is 10.0. The average Bonchev–Trinajstić information content (AvgIpc) is 2.74. The Bertz CT molecular complexity index is 758. The van der Waals surface area contributed by atoms with E-state index in [2.05, 4.69) is 4.98 Å². The Morgan fingerprint density at radius 2 is 1.93 bits per heavy atom. The maximum absolute atomic E-state index is 10.0. The van der Waals surface area contributed by atoms with Crippen molar-refractivity contribution >= 4 is 7.12 Å². The summed E-state index contributed by atoms with van der Waals surface area (Å²) in [5.74, 6) is 0.983. The smallest absolute Gasteiger partial charge is 0.454 e. The molecule has 8 heteroatoms. The van der Waals surface area contributed by atoms with Crippen LogP contribution in [-0.4, -0.2) is 60.4 Å². The molecule has 0 spiro atoms. The van der Waals surface area contributed by atoms with Crippen molar-refractivity contribution in [2.24, 2.45) is 0 Å². The number of ether oxygens (including phenoxy) is 2. The van der Waals surface area contributed by atoms with Gasteiger partial charge in [0, 0.05) is 30.5 Å². The van der Waals surface area contributed by atoms with E-state index in [1.54, 1.807) is 26.4 Å². The van der Waals surface area contributed by atoms with Crippen molar-refractivity contribution in [3.05, 3.63) is 42.2 Å².